The first-order chi connectivity index (χ1) is 21.3. The van der Waals surface area contributed by atoms with Crippen LogP contribution in [0.15, 0.2) is 87.8 Å². The molecule has 1 aliphatic rings. The SMILES string of the molecule is CCOC(=O)C1=C(C)N=c2s/c(=C\c3ccc(OC(=O)c4ccc(OC)cc4)cc3)c(=O)n2[C@H]1c1ccc(OC)c(OC)c1. The van der Waals surface area contributed by atoms with E-state index < -0.39 is 18.0 Å². The Labute approximate surface area is 257 Å². The van der Waals surface area contributed by atoms with Gasteiger partial charge in [0, 0.05) is 0 Å². The molecular formula is C33H30N2O8S. The second kappa shape index (κ2) is 13.0. The van der Waals surface area contributed by atoms with Gasteiger partial charge in [-0.15, -0.1) is 0 Å². The molecule has 0 saturated carbocycles. The van der Waals surface area contributed by atoms with Crippen LogP contribution in [0, 0.1) is 0 Å². The fourth-order valence-corrected chi connectivity index (χ4v) is 5.85. The lowest BCUT2D eigenvalue weighted by atomic mass is 9.95. The highest BCUT2D eigenvalue weighted by atomic mass is 32.1. The average Bonchev–Trinajstić information content (AvgIpc) is 3.34. The normalized spacial score (nSPS) is 14.4. The van der Waals surface area contributed by atoms with E-state index >= 15 is 0 Å². The zero-order valence-electron chi connectivity index (χ0n) is 24.8. The summed E-state index contributed by atoms with van der Waals surface area (Å²) >= 11 is 1.21. The number of hydrogen-bond acceptors (Lipinski definition) is 10. The van der Waals surface area contributed by atoms with Crippen molar-refractivity contribution in [3.63, 3.8) is 0 Å². The maximum Gasteiger partial charge on any atom is 0.343 e. The van der Waals surface area contributed by atoms with Crippen LogP contribution in [0.3, 0.4) is 0 Å². The molecule has 3 aromatic carbocycles. The van der Waals surface area contributed by atoms with Gasteiger partial charge in [0.25, 0.3) is 5.56 Å². The van der Waals surface area contributed by atoms with Gasteiger partial charge in [0.15, 0.2) is 16.3 Å². The number of carbonyl (C=O) groups excluding carboxylic acids is 2. The number of esters is 2. The minimum absolute atomic E-state index is 0.171. The Kier molecular flexibility index (Phi) is 8.96. The summed E-state index contributed by atoms with van der Waals surface area (Å²) in [5, 5.41) is 0. The average molecular weight is 615 g/mol. The van der Waals surface area contributed by atoms with Crippen LogP contribution >= 0.6 is 11.3 Å². The summed E-state index contributed by atoms with van der Waals surface area (Å²) in [7, 11) is 4.60. The van der Waals surface area contributed by atoms with Crippen molar-refractivity contribution in [3.05, 3.63) is 114 Å². The Morgan fingerprint density at radius 2 is 1.57 bits per heavy atom. The summed E-state index contributed by atoms with van der Waals surface area (Å²) in [6, 6.07) is 17.9. The van der Waals surface area contributed by atoms with Gasteiger partial charge in [-0.2, -0.15) is 0 Å². The lowest BCUT2D eigenvalue weighted by Gasteiger charge is -2.25. The van der Waals surface area contributed by atoms with Crippen molar-refractivity contribution in [1.82, 2.24) is 4.57 Å². The van der Waals surface area contributed by atoms with Crippen LogP contribution in [0.25, 0.3) is 6.08 Å². The molecule has 0 saturated heterocycles. The maximum absolute atomic E-state index is 13.9. The molecule has 226 valence electrons. The Bertz CT molecular complexity index is 1920. The van der Waals surface area contributed by atoms with Gasteiger partial charge in [-0.05, 0) is 79.6 Å². The van der Waals surface area contributed by atoms with E-state index in [1.807, 2.05) is 0 Å². The minimum atomic E-state index is -0.799. The molecule has 0 fully saturated rings. The molecule has 0 aliphatic carbocycles. The molecule has 10 nitrogen and oxygen atoms in total. The van der Waals surface area contributed by atoms with Crippen LogP contribution in [-0.4, -0.2) is 44.4 Å². The Morgan fingerprint density at radius 1 is 0.886 bits per heavy atom. The number of allylic oxidation sites excluding steroid dienone is 1. The molecule has 1 aromatic heterocycles. The quantitative estimate of drug-likeness (QED) is 0.205. The number of carbonyl (C=O) groups is 2. The van der Waals surface area contributed by atoms with E-state index in [1.165, 1.54) is 30.1 Å². The van der Waals surface area contributed by atoms with E-state index in [-0.39, 0.29) is 17.7 Å². The second-order valence-electron chi connectivity index (χ2n) is 9.60. The van der Waals surface area contributed by atoms with Crippen molar-refractivity contribution >= 4 is 29.4 Å². The maximum atomic E-state index is 13.9. The van der Waals surface area contributed by atoms with Crippen LogP contribution in [-0.2, 0) is 9.53 Å². The predicted octanol–water partition coefficient (Wildman–Crippen LogP) is 4.04. The Morgan fingerprint density at radius 3 is 2.20 bits per heavy atom. The van der Waals surface area contributed by atoms with Crippen LogP contribution in [0.2, 0.25) is 0 Å². The molecule has 0 N–H and O–H groups in total. The number of rotatable bonds is 9. The van der Waals surface area contributed by atoms with E-state index in [1.54, 1.807) is 93.8 Å². The van der Waals surface area contributed by atoms with Gasteiger partial charge in [-0.3, -0.25) is 9.36 Å². The third kappa shape index (κ3) is 6.00. The van der Waals surface area contributed by atoms with Gasteiger partial charge < -0.3 is 23.7 Å². The fourth-order valence-electron chi connectivity index (χ4n) is 4.81. The number of benzene rings is 3. The summed E-state index contributed by atoms with van der Waals surface area (Å²) in [4.78, 5) is 44.6. The summed E-state index contributed by atoms with van der Waals surface area (Å²) in [5.74, 6) is 0.906. The van der Waals surface area contributed by atoms with Gasteiger partial charge >= 0.3 is 11.9 Å². The zero-order chi connectivity index (χ0) is 31.4. The highest BCUT2D eigenvalue weighted by Crippen LogP contribution is 2.36. The molecule has 0 radical (unpaired) electrons. The summed E-state index contributed by atoms with van der Waals surface area (Å²) in [6.07, 6.45) is 1.73. The van der Waals surface area contributed by atoms with E-state index in [9.17, 15) is 14.4 Å². The Balaban J connectivity index is 1.51. The van der Waals surface area contributed by atoms with Crippen LogP contribution in [0.5, 0.6) is 23.0 Å². The summed E-state index contributed by atoms with van der Waals surface area (Å²) < 4.78 is 28.8. The van der Waals surface area contributed by atoms with Crippen molar-refractivity contribution in [1.29, 1.82) is 0 Å². The first-order valence-electron chi connectivity index (χ1n) is 13.7. The van der Waals surface area contributed by atoms with E-state index in [0.29, 0.717) is 54.7 Å². The van der Waals surface area contributed by atoms with Crippen molar-refractivity contribution < 1.29 is 33.3 Å². The van der Waals surface area contributed by atoms with Crippen molar-refractivity contribution in [3.8, 4) is 23.0 Å². The molecule has 11 heteroatoms. The number of nitrogens with zero attached hydrogens (tertiary/aromatic N) is 2. The number of methoxy groups -OCH3 is 3. The number of thiazole rings is 1. The molecule has 5 rings (SSSR count). The molecule has 0 spiro atoms. The van der Waals surface area contributed by atoms with E-state index in [0.717, 1.165) is 0 Å². The second-order valence-corrected chi connectivity index (χ2v) is 10.6. The Hall–Kier alpha value is -5.16. The minimum Gasteiger partial charge on any atom is -0.497 e. The third-order valence-electron chi connectivity index (χ3n) is 6.95. The summed E-state index contributed by atoms with van der Waals surface area (Å²) in [6.45, 7) is 3.62. The summed E-state index contributed by atoms with van der Waals surface area (Å²) in [5.41, 5.74) is 2.13. The number of hydrogen-bond donors (Lipinski definition) is 0. The van der Waals surface area contributed by atoms with Gasteiger partial charge in [-0.1, -0.05) is 29.5 Å². The monoisotopic (exact) mass is 614 g/mol. The highest BCUT2D eigenvalue weighted by Gasteiger charge is 2.34. The molecule has 1 atom stereocenters. The smallest absolute Gasteiger partial charge is 0.343 e. The van der Waals surface area contributed by atoms with Crippen molar-refractivity contribution in [2.45, 2.75) is 19.9 Å². The largest absolute Gasteiger partial charge is 0.497 e. The number of ether oxygens (including phenoxy) is 5. The molecule has 2 heterocycles. The van der Waals surface area contributed by atoms with Crippen LogP contribution in [0.1, 0.15) is 41.4 Å². The van der Waals surface area contributed by atoms with E-state index in [4.69, 9.17) is 23.7 Å². The molecule has 0 unspecified atom stereocenters. The fraction of sp³-hybridized carbons (Fsp3) is 0.212. The van der Waals surface area contributed by atoms with E-state index in [2.05, 4.69) is 4.99 Å². The standard InChI is InChI=1S/C33H30N2O8S/c1-6-42-32(38)28-19(2)34-33-35(29(28)22-11-16-25(40-4)26(18-22)41-5)30(36)27(44-33)17-20-7-12-24(13-8-20)43-31(37)21-9-14-23(39-3)15-10-21/h7-18,29H,6H2,1-5H3/b27-17-/t29-/m0/s1. The molecule has 44 heavy (non-hydrogen) atoms. The van der Waals surface area contributed by atoms with Gasteiger partial charge in [-0.25, -0.2) is 14.6 Å². The van der Waals surface area contributed by atoms with Gasteiger partial charge in [0.2, 0.25) is 0 Å². The first kappa shape index (κ1) is 30.3. The predicted molar refractivity (Wildman–Crippen MR) is 164 cm³/mol. The van der Waals surface area contributed by atoms with Crippen LogP contribution in [0.4, 0.5) is 0 Å². The van der Waals surface area contributed by atoms with Crippen molar-refractivity contribution in [2.75, 3.05) is 27.9 Å². The molecular weight excluding hydrogens is 584 g/mol. The van der Waals surface area contributed by atoms with Crippen molar-refractivity contribution in [2.24, 2.45) is 4.99 Å². The lowest BCUT2D eigenvalue weighted by Crippen LogP contribution is -2.39. The molecule has 4 aromatic rings. The topological polar surface area (TPSA) is 115 Å². The first-order valence-corrected chi connectivity index (χ1v) is 14.5. The molecule has 0 bridgehead atoms. The van der Waals surface area contributed by atoms with Crippen LogP contribution < -0.4 is 33.8 Å². The van der Waals surface area contributed by atoms with Gasteiger partial charge in [0.1, 0.15) is 11.5 Å². The third-order valence-corrected chi connectivity index (χ3v) is 7.94. The number of aromatic nitrogens is 1. The molecule has 0 amide bonds. The molecule has 1 aliphatic heterocycles. The number of fused-ring (bicyclic) bond motifs is 1. The lowest BCUT2D eigenvalue weighted by molar-refractivity contribution is -0.139. The van der Waals surface area contributed by atoms with Gasteiger partial charge in [0.05, 0.1) is 55.3 Å². The highest BCUT2D eigenvalue weighted by molar-refractivity contribution is 7.07. The zero-order valence-corrected chi connectivity index (χ0v) is 25.6.